The molecule has 70 valence electrons. The number of carbonyl (C=O) groups is 1. The second kappa shape index (κ2) is 4.62. The first-order valence-electron chi connectivity index (χ1n) is 4.24. The molecular formula is C10H13NO2. The number of ketones is 1. The van der Waals surface area contributed by atoms with Crippen LogP contribution in [-0.4, -0.2) is 18.9 Å². The fourth-order valence-corrected chi connectivity index (χ4v) is 1.02. The molecule has 0 saturated heterocycles. The summed E-state index contributed by atoms with van der Waals surface area (Å²) in [6.45, 7) is 2.59. The lowest BCUT2D eigenvalue weighted by molar-refractivity contribution is 0.100. The highest BCUT2D eigenvalue weighted by Gasteiger charge is 2.02. The Morgan fingerprint density at radius 3 is 2.46 bits per heavy atom. The average Bonchev–Trinajstić information content (AvgIpc) is 2.18. The summed E-state index contributed by atoms with van der Waals surface area (Å²) in [5.74, 6) is 0.721. The Balaban J connectivity index is 2.75. The molecule has 0 amide bonds. The van der Waals surface area contributed by atoms with Crippen LogP contribution in [0.15, 0.2) is 24.3 Å². The minimum absolute atomic E-state index is 0.0496. The third-order valence-electron chi connectivity index (χ3n) is 1.67. The second-order valence-electron chi connectivity index (χ2n) is 2.58. The highest BCUT2D eigenvalue weighted by atomic mass is 16.5. The van der Waals surface area contributed by atoms with Gasteiger partial charge in [-0.3, -0.25) is 4.79 Å². The summed E-state index contributed by atoms with van der Waals surface area (Å²) in [6.07, 6.45) is 0. The fourth-order valence-electron chi connectivity index (χ4n) is 1.02. The Labute approximate surface area is 77.5 Å². The molecule has 0 aromatic heterocycles. The van der Waals surface area contributed by atoms with Crippen molar-refractivity contribution in [3.8, 4) is 5.75 Å². The number of hydrogen-bond acceptors (Lipinski definition) is 3. The molecule has 0 atom stereocenters. The standard InChI is InChI=1S/C10H13NO2/c1-2-13-9-5-3-8(4-6-9)10(12)7-11/h3-6H,2,7,11H2,1H3. The SMILES string of the molecule is CCOc1ccc(C(=O)CN)cc1. The maximum absolute atomic E-state index is 11.1. The molecule has 0 heterocycles. The summed E-state index contributed by atoms with van der Waals surface area (Å²) in [6, 6.07) is 6.99. The topological polar surface area (TPSA) is 52.3 Å². The molecule has 0 radical (unpaired) electrons. The smallest absolute Gasteiger partial charge is 0.176 e. The maximum atomic E-state index is 11.1. The van der Waals surface area contributed by atoms with Gasteiger partial charge >= 0.3 is 0 Å². The van der Waals surface area contributed by atoms with Crippen molar-refractivity contribution in [2.45, 2.75) is 6.92 Å². The van der Waals surface area contributed by atoms with Crippen LogP contribution < -0.4 is 10.5 Å². The molecule has 0 aliphatic heterocycles. The Morgan fingerprint density at radius 1 is 1.38 bits per heavy atom. The molecule has 0 aliphatic carbocycles. The van der Waals surface area contributed by atoms with Crippen LogP contribution >= 0.6 is 0 Å². The lowest BCUT2D eigenvalue weighted by Crippen LogP contribution is -2.13. The second-order valence-corrected chi connectivity index (χ2v) is 2.58. The molecule has 0 saturated carbocycles. The predicted octanol–water partition coefficient (Wildman–Crippen LogP) is 1.23. The number of rotatable bonds is 4. The Bertz CT molecular complexity index is 279. The zero-order valence-electron chi connectivity index (χ0n) is 7.62. The molecular weight excluding hydrogens is 166 g/mol. The minimum atomic E-state index is -0.0527. The fraction of sp³-hybridized carbons (Fsp3) is 0.300. The van der Waals surface area contributed by atoms with Crippen molar-refractivity contribution >= 4 is 5.78 Å². The van der Waals surface area contributed by atoms with Gasteiger partial charge < -0.3 is 10.5 Å². The van der Waals surface area contributed by atoms with E-state index in [0.717, 1.165) is 5.75 Å². The molecule has 0 spiro atoms. The summed E-state index contributed by atoms with van der Waals surface area (Å²) < 4.78 is 5.23. The van der Waals surface area contributed by atoms with Crippen molar-refractivity contribution < 1.29 is 9.53 Å². The number of hydrogen-bond donors (Lipinski definition) is 1. The normalized spacial score (nSPS) is 9.69. The highest BCUT2D eigenvalue weighted by molar-refractivity contribution is 5.97. The monoisotopic (exact) mass is 179 g/mol. The summed E-state index contributed by atoms with van der Waals surface area (Å²) in [5, 5.41) is 0. The van der Waals surface area contributed by atoms with Crippen LogP contribution in [0.5, 0.6) is 5.75 Å². The van der Waals surface area contributed by atoms with Gasteiger partial charge in [-0.25, -0.2) is 0 Å². The van der Waals surface area contributed by atoms with E-state index in [1.807, 2.05) is 6.92 Å². The van der Waals surface area contributed by atoms with Gasteiger partial charge in [0.25, 0.3) is 0 Å². The highest BCUT2D eigenvalue weighted by Crippen LogP contribution is 2.11. The molecule has 1 aromatic carbocycles. The molecule has 0 aliphatic rings. The predicted molar refractivity (Wildman–Crippen MR) is 51.0 cm³/mol. The van der Waals surface area contributed by atoms with Gasteiger partial charge in [-0.15, -0.1) is 0 Å². The lowest BCUT2D eigenvalue weighted by atomic mass is 10.1. The van der Waals surface area contributed by atoms with E-state index in [1.165, 1.54) is 0 Å². The Hall–Kier alpha value is -1.35. The van der Waals surface area contributed by atoms with Crippen molar-refractivity contribution in [1.29, 1.82) is 0 Å². The van der Waals surface area contributed by atoms with Gasteiger partial charge in [0.2, 0.25) is 0 Å². The van der Waals surface area contributed by atoms with Gasteiger partial charge in [-0.1, -0.05) is 0 Å². The van der Waals surface area contributed by atoms with Crippen molar-refractivity contribution in [2.24, 2.45) is 5.73 Å². The van der Waals surface area contributed by atoms with E-state index in [0.29, 0.717) is 12.2 Å². The molecule has 0 bridgehead atoms. The van der Waals surface area contributed by atoms with E-state index < -0.39 is 0 Å². The molecule has 0 fully saturated rings. The molecule has 3 nitrogen and oxygen atoms in total. The van der Waals surface area contributed by atoms with Gasteiger partial charge in [0.15, 0.2) is 5.78 Å². The summed E-state index contributed by atoms with van der Waals surface area (Å²) in [5.41, 5.74) is 5.85. The third kappa shape index (κ3) is 2.56. The summed E-state index contributed by atoms with van der Waals surface area (Å²) >= 11 is 0. The van der Waals surface area contributed by atoms with Crippen molar-refractivity contribution in [2.75, 3.05) is 13.2 Å². The molecule has 0 unspecified atom stereocenters. The van der Waals surface area contributed by atoms with E-state index in [9.17, 15) is 4.79 Å². The van der Waals surface area contributed by atoms with Crippen LogP contribution in [0.25, 0.3) is 0 Å². The van der Waals surface area contributed by atoms with Gasteiger partial charge in [0.05, 0.1) is 13.2 Å². The van der Waals surface area contributed by atoms with Crippen LogP contribution in [0.2, 0.25) is 0 Å². The Kier molecular flexibility index (Phi) is 3.46. The average molecular weight is 179 g/mol. The van der Waals surface area contributed by atoms with Gasteiger partial charge in [0, 0.05) is 5.56 Å². The van der Waals surface area contributed by atoms with E-state index in [-0.39, 0.29) is 12.3 Å². The van der Waals surface area contributed by atoms with Crippen molar-refractivity contribution in [3.63, 3.8) is 0 Å². The lowest BCUT2D eigenvalue weighted by Gasteiger charge is -2.03. The van der Waals surface area contributed by atoms with Crippen LogP contribution in [0.1, 0.15) is 17.3 Å². The Morgan fingerprint density at radius 2 is 2.00 bits per heavy atom. The van der Waals surface area contributed by atoms with Crippen LogP contribution in [0, 0.1) is 0 Å². The van der Waals surface area contributed by atoms with Crippen LogP contribution in [0.3, 0.4) is 0 Å². The summed E-state index contributed by atoms with van der Waals surface area (Å²) in [7, 11) is 0. The van der Waals surface area contributed by atoms with Crippen molar-refractivity contribution in [3.05, 3.63) is 29.8 Å². The van der Waals surface area contributed by atoms with E-state index in [4.69, 9.17) is 10.5 Å². The number of nitrogens with two attached hydrogens (primary N) is 1. The van der Waals surface area contributed by atoms with Crippen molar-refractivity contribution in [1.82, 2.24) is 0 Å². The molecule has 3 heteroatoms. The molecule has 1 aromatic rings. The number of ether oxygens (including phenoxy) is 1. The van der Waals surface area contributed by atoms with Gasteiger partial charge in [-0.2, -0.15) is 0 Å². The van der Waals surface area contributed by atoms with Crippen LogP contribution in [0.4, 0.5) is 0 Å². The first-order chi connectivity index (χ1) is 6.27. The molecule has 1 rings (SSSR count). The minimum Gasteiger partial charge on any atom is -0.494 e. The first kappa shape index (κ1) is 9.74. The third-order valence-corrected chi connectivity index (χ3v) is 1.67. The first-order valence-corrected chi connectivity index (χ1v) is 4.24. The number of carbonyl (C=O) groups excluding carboxylic acids is 1. The van der Waals surface area contributed by atoms with E-state index in [1.54, 1.807) is 24.3 Å². The van der Waals surface area contributed by atoms with E-state index >= 15 is 0 Å². The summed E-state index contributed by atoms with van der Waals surface area (Å²) in [4.78, 5) is 11.1. The van der Waals surface area contributed by atoms with E-state index in [2.05, 4.69) is 0 Å². The molecule has 13 heavy (non-hydrogen) atoms. The van der Waals surface area contributed by atoms with Gasteiger partial charge in [-0.05, 0) is 31.2 Å². The zero-order chi connectivity index (χ0) is 9.68. The molecule has 2 N–H and O–H groups in total. The quantitative estimate of drug-likeness (QED) is 0.707. The maximum Gasteiger partial charge on any atom is 0.176 e. The zero-order valence-corrected chi connectivity index (χ0v) is 7.62. The largest absolute Gasteiger partial charge is 0.494 e. The number of Topliss-reactive ketones (excluding diaryl/α,β-unsaturated/α-hetero) is 1. The number of benzene rings is 1. The van der Waals surface area contributed by atoms with Gasteiger partial charge in [0.1, 0.15) is 5.75 Å². The van der Waals surface area contributed by atoms with Crippen LogP contribution in [-0.2, 0) is 0 Å².